The Morgan fingerprint density at radius 2 is 1.31 bits per heavy atom. The van der Waals surface area contributed by atoms with E-state index in [9.17, 15) is 48.9 Å². The molecule has 6 fully saturated rings. The molecule has 6 aliphatic rings. The van der Waals surface area contributed by atoms with Gasteiger partial charge in [-0.1, -0.05) is 54.4 Å². The minimum absolute atomic E-state index is 0.0454. The first kappa shape index (κ1) is 63.8. The Kier molecular flexibility index (Phi) is 24.4. The molecule has 6 rings (SSSR count). The summed E-state index contributed by atoms with van der Waals surface area (Å²) in [6.07, 6.45) is 15.5. The molecule has 0 radical (unpaired) electrons. The molecule has 0 aromatic heterocycles. The summed E-state index contributed by atoms with van der Waals surface area (Å²) in [5.41, 5.74) is 0.153. The molecular weight excluding hydrogens is 993 g/mol. The molecule has 0 aromatic carbocycles. The molecule has 6 saturated carbocycles. The fourth-order valence-corrected chi connectivity index (χ4v) is 14.4. The Hall–Kier alpha value is -4.03. The van der Waals surface area contributed by atoms with Gasteiger partial charge in [-0.2, -0.15) is 0 Å². The number of aliphatic hydroxyl groups is 2. The number of aliphatic hydroxyl groups excluding tert-OH is 2. The van der Waals surface area contributed by atoms with Crippen molar-refractivity contribution in [2.24, 2.45) is 75.4 Å². The van der Waals surface area contributed by atoms with Gasteiger partial charge in [0.1, 0.15) is 44.7 Å². The third-order valence-electron chi connectivity index (χ3n) is 19.9. The summed E-state index contributed by atoms with van der Waals surface area (Å²) in [7, 11) is 0. The van der Waals surface area contributed by atoms with Gasteiger partial charge in [0, 0.05) is 19.0 Å². The largest absolute Gasteiger partial charge is 0.481 e. The molecule has 1 amide bonds. The zero-order chi connectivity index (χ0) is 56.7. The highest BCUT2D eigenvalue weighted by Crippen LogP contribution is 2.68. The molecule has 14 atom stereocenters. The second-order valence-corrected chi connectivity index (χ2v) is 25.2. The molecule has 0 aliphatic heterocycles. The van der Waals surface area contributed by atoms with Crippen LogP contribution in [-0.4, -0.2) is 126 Å². The molecular formula is C59H98N2O16. The number of hydrogen-bond acceptors (Lipinski definition) is 15. The summed E-state index contributed by atoms with van der Waals surface area (Å²) in [4.78, 5) is 83.9. The summed E-state index contributed by atoms with van der Waals surface area (Å²) in [5, 5.41) is 44.5. The van der Waals surface area contributed by atoms with Crippen LogP contribution in [0.3, 0.4) is 0 Å². The van der Waals surface area contributed by atoms with Gasteiger partial charge in [0.2, 0.25) is 0 Å². The van der Waals surface area contributed by atoms with E-state index in [1.165, 1.54) is 38.5 Å². The molecule has 18 nitrogen and oxygen atoms in total. The van der Waals surface area contributed by atoms with Gasteiger partial charge in [-0.3, -0.25) is 28.8 Å². The number of nitrogens with one attached hydrogen (secondary N) is 2. The van der Waals surface area contributed by atoms with E-state index in [0.29, 0.717) is 80.0 Å². The van der Waals surface area contributed by atoms with E-state index in [1.807, 2.05) is 27.7 Å². The number of alkyl carbamates (subject to hydrolysis) is 1. The summed E-state index contributed by atoms with van der Waals surface area (Å²) in [6.45, 7) is 16.4. The summed E-state index contributed by atoms with van der Waals surface area (Å²) in [6, 6.07) is 0.118. The Labute approximate surface area is 458 Å². The van der Waals surface area contributed by atoms with E-state index < -0.39 is 65.4 Å². The third kappa shape index (κ3) is 17.5. The quantitative estimate of drug-likeness (QED) is 0.0300. The lowest BCUT2D eigenvalue weighted by atomic mass is 9.44. The first-order valence-electron chi connectivity index (χ1n) is 29.6. The van der Waals surface area contributed by atoms with E-state index in [4.69, 9.17) is 28.8 Å². The summed E-state index contributed by atoms with van der Waals surface area (Å²) < 4.78 is 26.7. The summed E-state index contributed by atoms with van der Waals surface area (Å²) in [5.74, 6) is -1.25. The van der Waals surface area contributed by atoms with Gasteiger partial charge < -0.3 is 54.7 Å². The van der Waals surface area contributed by atoms with Crippen LogP contribution in [0.25, 0.3) is 0 Å². The van der Waals surface area contributed by atoms with Crippen LogP contribution in [-0.2, 0) is 52.5 Å². The molecule has 77 heavy (non-hydrogen) atoms. The van der Waals surface area contributed by atoms with E-state index in [1.54, 1.807) is 6.92 Å². The Bertz CT molecular complexity index is 1960. The lowest BCUT2D eigenvalue weighted by molar-refractivity contribution is -0.167. The van der Waals surface area contributed by atoms with Crippen LogP contribution in [0.1, 0.15) is 190 Å². The molecule has 440 valence electrons. The topological polar surface area (TPSA) is 271 Å². The summed E-state index contributed by atoms with van der Waals surface area (Å²) >= 11 is 0. The second-order valence-electron chi connectivity index (χ2n) is 25.2. The number of carboxylic acid groups (broad SMARTS) is 2. The predicted octanol–water partition coefficient (Wildman–Crippen LogP) is 8.64. The molecule has 0 bridgehead atoms. The van der Waals surface area contributed by atoms with Crippen molar-refractivity contribution < 1.29 is 77.7 Å². The lowest BCUT2D eigenvalue weighted by Gasteiger charge is -2.61. The van der Waals surface area contributed by atoms with Crippen LogP contribution in [0.15, 0.2) is 0 Å². The van der Waals surface area contributed by atoms with Crippen molar-refractivity contribution in [1.82, 2.24) is 10.6 Å². The normalized spacial score (nSPS) is 32.3. The zero-order valence-corrected chi connectivity index (χ0v) is 47.9. The number of carboxylic acids is 2. The highest BCUT2D eigenvalue weighted by Gasteiger charge is 2.61. The standard InChI is InChI=1S/C33H55NO6.C26H43NO10/c1-7-31(3,4)29(37)39-19-18-34-30(38)40-23-14-16-32(5)22(20-23)9-10-24-26-12-11-25(21(2)8-13-28(35)36)33(26,6)17-15-27(24)32;1-3-16(2)24(32)35-14-20(29)15-37-26(34)22-7-5-4-6-21(22)25(33)36-13-19(28)12-27-18-10-8-17(9-11-18)23(30)31/h21-27H,7-20H2,1-6H3,(H,34,38)(H,35,36);16-22,27-29H,3-15H2,1-2H3,(H,30,31). The maximum absolute atomic E-state index is 12.7. The van der Waals surface area contributed by atoms with E-state index in [2.05, 4.69) is 31.4 Å². The van der Waals surface area contributed by atoms with E-state index in [-0.39, 0.29) is 75.9 Å². The van der Waals surface area contributed by atoms with Crippen molar-refractivity contribution >= 4 is 41.9 Å². The first-order valence-corrected chi connectivity index (χ1v) is 29.6. The van der Waals surface area contributed by atoms with Crippen molar-refractivity contribution in [3.63, 3.8) is 0 Å². The fourth-order valence-electron chi connectivity index (χ4n) is 14.4. The van der Waals surface area contributed by atoms with Gasteiger partial charge in [-0.15, -0.1) is 0 Å². The van der Waals surface area contributed by atoms with Crippen molar-refractivity contribution in [2.45, 2.75) is 215 Å². The number of fused-ring (bicyclic) bond motifs is 5. The number of ether oxygens (including phenoxy) is 5. The van der Waals surface area contributed by atoms with Crippen LogP contribution in [0.5, 0.6) is 0 Å². The van der Waals surface area contributed by atoms with Crippen LogP contribution in [0.2, 0.25) is 0 Å². The number of rotatable bonds is 24. The molecule has 0 spiro atoms. The average molecular weight is 1090 g/mol. The lowest BCUT2D eigenvalue weighted by Crippen LogP contribution is -2.54. The van der Waals surface area contributed by atoms with Crippen molar-refractivity contribution in [1.29, 1.82) is 0 Å². The molecule has 6 aliphatic carbocycles. The number of aliphatic carboxylic acids is 2. The van der Waals surface area contributed by atoms with Crippen molar-refractivity contribution in [3.8, 4) is 0 Å². The highest BCUT2D eigenvalue weighted by molar-refractivity contribution is 5.82. The van der Waals surface area contributed by atoms with Crippen LogP contribution in [0.4, 0.5) is 4.79 Å². The van der Waals surface area contributed by atoms with Crippen molar-refractivity contribution in [3.05, 3.63) is 0 Å². The Morgan fingerprint density at radius 1 is 0.701 bits per heavy atom. The Balaban J connectivity index is 0.000000285. The number of carbonyl (C=O) groups is 7. The van der Waals surface area contributed by atoms with E-state index in [0.717, 1.165) is 56.3 Å². The van der Waals surface area contributed by atoms with E-state index >= 15 is 0 Å². The fraction of sp³-hybridized carbons (Fsp3) is 0.881. The van der Waals surface area contributed by atoms with Gasteiger partial charge in [0.25, 0.3) is 0 Å². The minimum Gasteiger partial charge on any atom is -0.481 e. The minimum atomic E-state index is -1.16. The third-order valence-corrected chi connectivity index (χ3v) is 19.9. The number of hydrogen-bond donors (Lipinski definition) is 6. The molecule has 14 unspecified atom stereocenters. The smallest absolute Gasteiger partial charge is 0.407 e. The van der Waals surface area contributed by atoms with Gasteiger partial charge in [-0.25, -0.2) is 4.79 Å². The molecule has 18 heteroatoms. The van der Waals surface area contributed by atoms with Crippen LogP contribution < -0.4 is 10.6 Å². The average Bonchev–Trinajstić information content (AvgIpc) is 3.97. The van der Waals surface area contributed by atoms with Gasteiger partial charge in [0.05, 0.1) is 35.6 Å². The molecule has 0 heterocycles. The van der Waals surface area contributed by atoms with Gasteiger partial charge in [-0.05, 0) is 176 Å². The van der Waals surface area contributed by atoms with Gasteiger partial charge in [0.15, 0.2) is 0 Å². The number of esters is 4. The van der Waals surface area contributed by atoms with Crippen molar-refractivity contribution in [2.75, 3.05) is 39.5 Å². The molecule has 0 saturated heterocycles. The first-order chi connectivity index (χ1) is 36.4. The number of carbonyl (C=O) groups excluding carboxylic acids is 5. The second kappa shape index (κ2) is 29.4. The Morgan fingerprint density at radius 3 is 1.92 bits per heavy atom. The molecule has 6 N–H and O–H groups in total. The maximum atomic E-state index is 12.7. The van der Waals surface area contributed by atoms with Gasteiger partial charge >= 0.3 is 41.9 Å². The monoisotopic (exact) mass is 1090 g/mol. The SMILES string of the molecule is CCC(C)(C)C(=O)OCCNC(=O)OC1CCC2(C)C(CCC3C2CCC2(C)C(C(C)CCC(=O)O)CCC32)C1.CCC(C)C(=O)OCC(O)COC(=O)C1CCCCC1C(=O)OCC(O)CNC1CCC(C(=O)O)CC1. The predicted molar refractivity (Wildman–Crippen MR) is 286 cm³/mol. The zero-order valence-electron chi connectivity index (χ0n) is 47.9. The molecule has 0 aromatic rings. The van der Waals surface area contributed by atoms with Crippen LogP contribution in [0, 0.1) is 75.4 Å². The highest BCUT2D eigenvalue weighted by atomic mass is 16.6. The number of amides is 1. The van der Waals surface area contributed by atoms with Crippen LogP contribution >= 0.6 is 0 Å². The maximum Gasteiger partial charge on any atom is 0.407 e.